The zero-order valence-corrected chi connectivity index (χ0v) is 9.66. The summed E-state index contributed by atoms with van der Waals surface area (Å²) in [4.78, 5) is 11.6. The third-order valence-corrected chi connectivity index (χ3v) is 3.24. The molecule has 0 aliphatic carbocycles. The highest BCUT2D eigenvalue weighted by molar-refractivity contribution is 7.13. The Morgan fingerprint density at radius 2 is 2.31 bits per heavy atom. The summed E-state index contributed by atoms with van der Waals surface area (Å²) in [5, 5.41) is 10.7. The number of carbonyl (C=O) groups is 1. The molecule has 16 heavy (non-hydrogen) atoms. The Labute approximate surface area is 97.3 Å². The number of carboxylic acid groups (broad SMARTS) is 1. The van der Waals surface area contributed by atoms with Gasteiger partial charge in [0.1, 0.15) is 11.5 Å². The van der Waals surface area contributed by atoms with Crippen LogP contribution in [0.15, 0.2) is 34.1 Å². The molecule has 0 saturated heterocycles. The lowest BCUT2D eigenvalue weighted by Crippen LogP contribution is -2.01. The normalized spacial score (nSPS) is 12.6. The first kappa shape index (κ1) is 11.0. The molecule has 0 radical (unpaired) electrons. The van der Waals surface area contributed by atoms with E-state index in [-0.39, 0.29) is 12.3 Å². The van der Waals surface area contributed by atoms with Gasteiger partial charge in [-0.2, -0.15) is 0 Å². The molecular formula is C12H12O3S. The molecule has 2 rings (SSSR count). The van der Waals surface area contributed by atoms with Gasteiger partial charge in [-0.25, -0.2) is 0 Å². The number of aliphatic carboxylic acids is 1. The van der Waals surface area contributed by atoms with Crippen molar-refractivity contribution in [3.63, 3.8) is 0 Å². The number of hydrogen-bond donors (Lipinski definition) is 1. The molecule has 0 amide bonds. The SMILES string of the molecule is CC(CC(=O)O)c1ccc(-c2cccs2)o1. The quantitative estimate of drug-likeness (QED) is 0.882. The molecule has 2 aromatic rings. The van der Waals surface area contributed by atoms with Crippen LogP contribution in [0.1, 0.15) is 25.0 Å². The van der Waals surface area contributed by atoms with E-state index in [0.29, 0.717) is 0 Å². The Morgan fingerprint density at radius 3 is 2.94 bits per heavy atom. The molecule has 1 N–H and O–H groups in total. The summed E-state index contributed by atoms with van der Waals surface area (Å²) in [5.74, 6) is 0.640. The van der Waals surface area contributed by atoms with E-state index in [1.54, 1.807) is 11.3 Å². The van der Waals surface area contributed by atoms with Gasteiger partial charge >= 0.3 is 5.97 Å². The van der Waals surface area contributed by atoms with E-state index < -0.39 is 5.97 Å². The van der Waals surface area contributed by atoms with Gasteiger partial charge < -0.3 is 9.52 Å². The fourth-order valence-electron chi connectivity index (χ4n) is 1.53. The van der Waals surface area contributed by atoms with Crippen molar-refractivity contribution in [1.82, 2.24) is 0 Å². The van der Waals surface area contributed by atoms with Crippen LogP contribution < -0.4 is 0 Å². The second-order valence-electron chi connectivity index (χ2n) is 3.68. The van der Waals surface area contributed by atoms with Crippen molar-refractivity contribution in [3.8, 4) is 10.6 Å². The third kappa shape index (κ3) is 2.33. The summed E-state index contributed by atoms with van der Waals surface area (Å²) in [6.07, 6.45) is 0.0946. The maximum atomic E-state index is 10.6. The first-order chi connectivity index (χ1) is 7.66. The molecule has 0 bridgehead atoms. The molecule has 4 heteroatoms. The summed E-state index contributed by atoms with van der Waals surface area (Å²) in [6, 6.07) is 7.68. The van der Waals surface area contributed by atoms with Crippen molar-refractivity contribution < 1.29 is 14.3 Å². The zero-order valence-electron chi connectivity index (χ0n) is 8.84. The largest absolute Gasteiger partial charge is 0.481 e. The summed E-state index contributed by atoms with van der Waals surface area (Å²) < 4.78 is 5.64. The highest BCUT2D eigenvalue weighted by atomic mass is 32.1. The minimum absolute atomic E-state index is 0.0915. The predicted molar refractivity (Wildman–Crippen MR) is 62.7 cm³/mol. The van der Waals surface area contributed by atoms with Crippen molar-refractivity contribution in [2.45, 2.75) is 19.3 Å². The molecule has 0 spiro atoms. The van der Waals surface area contributed by atoms with Gasteiger partial charge in [-0.05, 0) is 23.6 Å². The Hall–Kier alpha value is -1.55. The summed E-state index contributed by atoms with van der Waals surface area (Å²) in [7, 11) is 0. The number of rotatable bonds is 4. The standard InChI is InChI=1S/C12H12O3S/c1-8(7-12(13)14)9-4-5-10(15-9)11-3-2-6-16-11/h2-6,8H,7H2,1H3,(H,13,14). The highest BCUT2D eigenvalue weighted by Gasteiger charge is 2.14. The van der Waals surface area contributed by atoms with E-state index in [0.717, 1.165) is 16.4 Å². The van der Waals surface area contributed by atoms with Crippen molar-refractivity contribution in [2.24, 2.45) is 0 Å². The van der Waals surface area contributed by atoms with Crippen LogP contribution in [0, 0.1) is 0 Å². The Bertz CT molecular complexity index is 470. The number of furan rings is 1. The summed E-state index contributed by atoms with van der Waals surface area (Å²) in [6.45, 7) is 1.85. The molecule has 84 valence electrons. The lowest BCUT2D eigenvalue weighted by atomic mass is 10.1. The van der Waals surface area contributed by atoms with Gasteiger partial charge in [-0.15, -0.1) is 11.3 Å². The van der Waals surface area contributed by atoms with Crippen LogP contribution in [-0.4, -0.2) is 11.1 Å². The van der Waals surface area contributed by atoms with Gasteiger partial charge in [0.15, 0.2) is 0 Å². The second kappa shape index (κ2) is 4.53. The average Bonchev–Trinajstić information content (AvgIpc) is 2.87. The lowest BCUT2D eigenvalue weighted by Gasteiger charge is -2.03. The third-order valence-electron chi connectivity index (χ3n) is 2.36. The second-order valence-corrected chi connectivity index (χ2v) is 4.63. The summed E-state index contributed by atoms with van der Waals surface area (Å²) in [5.41, 5.74) is 0. The molecule has 1 unspecified atom stereocenters. The summed E-state index contributed by atoms with van der Waals surface area (Å²) >= 11 is 1.60. The predicted octanol–water partition coefficient (Wildman–Crippen LogP) is 3.59. The first-order valence-corrected chi connectivity index (χ1v) is 5.90. The molecule has 0 aliphatic rings. The Morgan fingerprint density at radius 1 is 1.50 bits per heavy atom. The Balaban J connectivity index is 2.16. The molecule has 2 heterocycles. The van der Waals surface area contributed by atoms with Crippen LogP contribution >= 0.6 is 11.3 Å². The number of thiophene rings is 1. The average molecular weight is 236 g/mol. The van der Waals surface area contributed by atoms with E-state index in [1.165, 1.54) is 0 Å². The van der Waals surface area contributed by atoms with Crippen molar-refractivity contribution in [1.29, 1.82) is 0 Å². The van der Waals surface area contributed by atoms with Gasteiger partial charge in [0.05, 0.1) is 11.3 Å². The number of carboxylic acids is 1. The maximum absolute atomic E-state index is 10.6. The topological polar surface area (TPSA) is 50.4 Å². The number of hydrogen-bond acceptors (Lipinski definition) is 3. The lowest BCUT2D eigenvalue weighted by molar-refractivity contribution is -0.137. The fourth-order valence-corrected chi connectivity index (χ4v) is 2.22. The van der Waals surface area contributed by atoms with Gasteiger partial charge in [-0.1, -0.05) is 13.0 Å². The zero-order chi connectivity index (χ0) is 11.5. The van der Waals surface area contributed by atoms with Gasteiger partial charge in [0.2, 0.25) is 0 Å². The molecule has 0 aliphatic heterocycles. The molecule has 0 aromatic carbocycles. The van der Waals surface area contributed by atoms with Gasteiger partial charge in [0, 0.05) is 5.92 Å². The molecule has 3 nitrogen and oxygen atoms in total. The van der Waals surface area contributed by atoms with Crippen LogP contribution in [-0.2, 0) is 4.79 Å². The van der Waals surface area contributed by atoms with E-state index in [4.69, 9.17) is 9.52 Å². The van der Waals surface area contributed by atoms with E-state index in [1.807, 2.05) is 36.6 Å². The fraction of sp³-hybridized carbons (Fsp3) is 0.250. The minimum Gasteiger partial charge on any atom is -0.481 e. The van der Waals surface area contributed by atoms with Gasteiger partial charge in [-0.3, -0.25) is 4.79 Å². The van der Waals surface area contributed by atoms with Crippen LogP contribution in [0.25, 0.3) is 10.6 Å². The first-order valence-electron chi connectivity index (χ1n) is 5.02. The molecule has 2 aromatic heterocycles. The minimum atomic E-state index is -0.804. The van der Waals surface area contributed by atoms with E-state index in [2.05, 4.69) is 0 Å². The van der Waals surface area contributed by atoms with Crippen LogP contribution in [0.3, 0.4) is 0 Å². The molecule has 1 atom stereocenters. The van der Waals surface area contributed by atoms with Crippen LogP contribution in [0.2, 0.25) is 0 Å². The molecule has 0 fully saturated rings. The van der Waals surface area contributed by atoms with Crippen LogP contribution in [0.4, 0.5) is 0 Å². The monoisotopic (exact) mass is 236 g/mol. The van der Waals surface area contributed by atoms with Crippen LogP contribution in [0.5, 0.6) is 0 Å². The van der Waals surface area contributed by atoms with Crippen molar-refractivity contribution in [3.05, 3.63) is 35.4 Å². The highest BCUT2D eigenvalue weighted by Crippen LogP contribution is 2.30. The Kier molecular flexibility index (Phi) is 3.10. The maximum Gasteiger partial charge on any atom is 0.304 e. The molecular weight excluding hydrogens is 224 g/mol. The van der Waals surface area contributed by atoms with Gasteiger partial charge in [0.25, 0.3) is 0 Å². The molecule has 0 saturated carbocycles. The van der Waals surface area contributed by atoms with Crippen molar-refractivity contribution >= 4 is 17.3 Å². The van der Waals surface area contributed by atoms with E-state index >= 15 is 0 Å². The van der Waals surface area contributed by atoms with E-state index in [9.17, 15) is 4.79 Å². The smallest absolute Gasteiger partial charge is 0.304 e. The van der Waals surface area contributed by atoms with Crippen molar-refractivity contribution in [2.75, 3.05) is 0 Å².